The topological polar surface area (TPSA) is 101 Å². The number of phenols is 1. The number of Topliss-reactive ketones (excluding diaryl/α,β-unsaturated/α-hetero) is 1. The monoisotopic (exact) mass is 573 g/mol. The van der Waals surface area contributed by atoms with Crippen LogP contribution in [0.4, 0.5) is 0 Å². The molecule has 3 aromatic carbocycles. The minimum absolute atomic E-state index is 0.0851. The molecule has 6 unspecified atom stereocenters. The van der Waals surface area contributed by atoms with Gasteiger partial charge in [0.2, 0.25) is 11.8 Å². The third-order valence-electron chi connectivity index (χ3n) is 10.1. The van der Waals surface area contributed by atoms with Crippen molar-refractivity contribution in [2.45, 2.75) is 24.2 Å². The molecule has 1 aliphatic heterocycles. The molecular weight excluding hydrogens is 542 g/mol. The van der Waals surface area contributed by atoms with Crippen LogP contribution in [-0.4, -0.2) is 47.5 Å². The molecular formula is C36H31NO6. The summed E-state index contributed by atoms with van der Waals surface area (Å²) in [4.78, 5) is 57.5. The van der Waals surface area contributed by atoms with Crippen molar-refractivity contribution in [1.82, 2.24) is 4.90 Å². The molecule has 2 fully saturated rings. The van der Waals surface area contributed by atoms with E-state index in [0.29, 0.717) is 28.7 Å². The third kappa shape index (κ3) is 3.73. The zero-order chi connectivity index (χ0) is 30.0. The van der Waals surface area contributed by atoms with E-state index in [1.807, 2.05) is 72.8 Å². The highest BCUT2D eigenvalue weighted by molar-refractivity contribution is 6.31. The van der Waals surface area contributed by atoms with Gasteiger partial charge >= 0.3 is 0 Å². The van der Waals surface area contributed by atoms with Crippen molar-refractivity contribution in [1.29, 1.82) is 0 Å². The van der Waals surface area contributed by atoms with Crippen molar-refractivity contribution in [3.05, 3.63) is 113 Å². The number of methoxy groups -OCH3 is 1. The Hall–Kier alpha value is -4.78. The average molecular weight is 574 g/mol. The number of aromatic hydroxyl groups is 1. The number of phenolic OH excluding ortho intramolecular Hbond substituents is 1. The summed E-state index contributed by atoms with van der Waals surface area (Å²) in [7, 11) is 2.99. The van der Waals surface area contributed by atoms with Crippen molar-refractivity contribution >= 4 is 29.0 Å². The van der Waals surface area contributed by atoms with Gasteiger partial charge in [0, 0.05) is 24.5 Å². The van der Waals surface area contributed by atoms with Crippen molar-refractivity contribution in [3.8, 4) is 11.5 Å². The van der Waals surface area contributed by atoms with Crippen LogP contribution in [0, 0.1) is 23.7 Å². The standard InChI is InChI=1S/C36H31NO6/c1-37-34(41)24-15-14-23-26(31(24)35(37)42)18-27-33(40)25(20-9-5-3-6-10-20)19-30(39)36(27,22-11-7-4-8-12-22)32(23)21-13-16-29(43-2)28(38)17-21/h3-14,16-17,19,24,26-27,31-32,38H,15,18H2,1-2H3. The molecule has 43 heavy (non-hydrogen) atoms. The van der Waals surface area contributed by atoms with Gasteiger partial charge in [0.15, 0.2) is 23.1 Å². The Kier molecular flexibility index (Phi) is 6.24. The first kappa shape index (κ1) is 27.1. The molecule has 2 amide bonds. The van der Waals surface area contributed by atoms with Gasteiger partial charge in [0.1, 0.15) is 0 Å². The van der Waals surface area contributed by atoms with E-state index in [2.05, 4.69) is 0 Å². The van der Waals surface area contributed by atoms with Gasteiger partial charge in [-0.05, 0) is 53.7 Å². The number of imide groups is 1. The molecule has 7 heteroatoms. The number of likely N-dealkylation sites (tertiary alicyclic amines) is 1. The SMILES string of the molecule is COc1ccc(C2C3=CCC4C(=O)N(C)C(=O)C4C3CC3C(=O)C(c4ccccc4)=CC(=O)C32c2ccccc2)cc1O. The molecule has 0 bridgehead atoms. The smallest absolute Gasteiger partial charge is 0.233 e. The van der Waals surface area contributed by atoms with E-state index < -0.39 is 35.0 Å². The number of amides is 2. The van der Waals surface area contributed by atoms with Gasteiger partial charge in [-0.2, -0.15) is 0 Å². The fourth-order valence-corrected chi connectivity index (χ4v) is 8.29. The van der Waals surface area contributed by atoms with Crippen molar-refractivity contribution in [2.75, 3.05) is 14.2 Å². The number of ketones is 2. The van der Waals surface area contributed by atoms with E-state index in [1.165, 1.54) is 25.1 Å². The van der Waals surface area contributed by atoms with E-state index in [0.717, 1.165) is 5.57 Å². The van der Waals surface area contributed by atoms with Gasteiger partial charge < -0.3 is 9.84 Å². The number of hydrogen-bond donors (Lipinski definition) is 1. The minimum Gasteiger partial charge on any atom is -0.504 e. The Morgan fingerprint density at radius 2 is 1.58 bits per heavy atom. The number of carbonyl (C=O) groups excluding carboxylic acids is 4. The Morgan fingerprint density at radius 3 is 2.26 bits per heavy atom. The number of fused-ring (bicyclic) bond motifs is 4. The summed E-state index contributed by atoms with van der Waals surface area (Å²) in [6, 6.07) is 23.6. The number of ether oxygens (including phenoxy) is 1. The molecule has 0 radical (unpaired) electrons. The number of carbonyl (C=O) groups is 4. The summed E-state index contributed by atoms with van der Waals surface area (Å²) in [6.45, 7) is 0. The van der Waals surface area contributed by atoms with Crippen LogP contribution < -0.4 is 4.74 Å². The van der Waals surface area contributed by atoms with E-state index in [9.17, 15) is 24.3 Å². The molecule has 6 atom stereocenters. The number of nitrogens with zero attached hydrogens (tertiary/aromatic N) is 1. The molecule has 4 aliphatic rings. The predicted octanol–water partition coefficient (Wildman–Crippen LogP) is 4.86. The first-order chi connectivity index (χ1) is 20.8. The quantitative estimate of drug-likeness (QED) is 0.354. The molecule has 1 N–H and O–H groups in total. The van der Waals surface area contributed by atoms with E-state index in [4.69, 9.17) is 4.74 Å². The van der Waals surface area contributed by atoms with Crippen molar-refractivity contribution in [2.24, 2.45) is 23.7 Å². The fourth-order valence-electron chi connectivity index (χ4n) is 8.29. The minimum atomic E-state index is -1.33. The van der Waals surface area contributed by atoms with E-state index in [1.54, 1.807) is 12.1 Å². The summed E-state index contributed by atoms with van der Waals surface area (Å²) >= 11 is 0. The average Bonchev–Trinajstić information content (AvgIpc) is 3.26. The highest BCUT2D eigenvalue weighted by Gasteiger charge is 2.65. The van der Waals surface area contributed by atoms with Crippen LogP contribution >= 0.6 is 0 Å². The molecule has 1 heterocycles. The maximum atomic E-state index is 14.9. The normalized spacial score (nSPS) is 29.8. The second kappa shape index (κ2) is 9.90. The van der Waals surface area contributed by atoms with Crippen LogP contribution in [0.5, 0.6) is 11.5 Å². The second-order valence-electron chi connectivity index (χ2n) is 12.0. The summed E-state index contributed by atoms with van der Waals surface area (Å²) in [5.74, 6) is -3.65. The summed E-state index contributed by atoms with van der Waals surface area (Å²) in [5, 5.41) is 10.9. The molecule has 7 nitrogen and oxygen atoms in total. The highest BCUT2D eigenvalue weighted by atomic mass is 16.5. The first-order valence-electron chi connectivity index (χ1n) is 14.6. The Bertz CT molecular complexity index is 1740. The Balaban J connectivity index is 1.52. The van der Waals surface area contributed by atoms with Gasteiger partial charge in [-0.1, -0.05) is 78.4 Å². The lowest BCUT2D eigenvalue weighted by atomic mass is 9.44. The lowest BCUT2D eigenvalue weighted by Gasteiger charge is -2.55. The fraction of sp³-hybridized carbons (Fsp3) is 0.278. The lowest BCUT2D eigenvalue weighted by Crippen LogP contribution is -2.58. The summed E-state index contributed by atoms with van der Waals surface area (Å²) in [5.41, 5.74) is 1.89. The number of allylic oxidation sites excluding steroid dienone is 4. The van der Waals surface area contributed by atoms with Crippen LogP contribution in [0.25, 0.3) is 5.57 Å². The van der Waals surface area contributed by atoms with Crippen LogP contribution in [0.1, 0.15) is 35.4 Å². The van der Waals surface area contributed by atoms with Crippen molar-refractivity contribution < 1.29 is 29.0 Å². The van der Waals surface area contributed by atoms with Crippen LogP contribution in [0.15, 0.2) is 96.6 Å². The molecule has 3 aromatic rings. The van der Waals surface area contributed by atoms with Gasteiger partial charge in [-0.25, -0.2) is 0 Å². The van der Waals surface area contributed by atoms with Gasteiger partial charge in [0.25, 0.3) is 0 Å². The van der Waals surface area contributed by atoms with Crippen molar-refractivity contribution in [3.63, 3.8) is 0 Å². The Morgan fingerprint density at radius 1 is 0.884 bits per heavy atom. The summed E-state index contributed by atoms with van der Waals surface area (Å²) in [6.07, 6.45) is 4.12. The molecule has 216 valence electrons. The lowest BCUT2D eigenvalue weighted by molar-refractivity contribution is -0.139. The number of hydrogen-bond acceptors (Lipinski definition) is 6. The van der Waals surface area contributed by atoms with Gasteiger partial charge in [-0.15, -0.1) is 0 Å². The van der Waals surface area contributed by atoms with Gasteiger partial charge in [-0.3, -0.25) is 24.1 Å². The summed E-state index contributed by atoms with van der Waals surface area (Å²) < 4.78 is 5.32. The maximum absolute atomic E-state index is 14.9. The Labute approximate surface area is 249 Å². The molecule has 0 aromatic heterocycles. The van der Waals surface area contributed by atoms with Crippen LogP contribution in [0.3, 0.4) is 0 Å². The second-order valence-corrected chi connectivity index (χ2v) is 12.0. The van der Waals surface area contributed by atoms with E-state index >= 15 is 0 Å². The maximum Gasteiger partial charge on any atom is 0.233 e. The largest absolute Gasteiger partial charge is 0.504 e. The highest BCUT2D eigenvalue weighted by Crippen LogP contribution is 2.63. The number of benzene rings is 3. The molecule has 0 spiro atoms. The zero-order valence-electron chi connectivity index (χ0n) is 23.9. The van der Waals surface area contributed by atoms with E-state index in [-0.39, 0.29) is 41.3 Å². The molecule has 7 rings (SSSR count). The number of rotatable bonds is 4. The zero-order valence-corrected chi connectivity index (χ0v) is 23.9. The van der Waals surface area contributed by atoms with Gasteiger partial charge in [0.05, 0.1) is 24.4 Å². The third-order valence-corrected chi connectivity index (χ3v) is 10.1. The molecule has 1 saturated carbocycles. The predicted molar refractivity (Wildman–Crippen MR) is 159 cm³/mol. The van der Waals surface area contributed by atoms with Crippen LogP contribution in [-0.2, 0) is 24.6 Å². The molecule has 3 aliphatic carbocycles. The molecule has 1 saturated heterocycles. The van der Waals surface area contributed by atoms with Crippen LogP contribution in [0.2, 0.25) is 0 Å². The first-order valence-corrected chi connectivity index (χ1v) is 14.6.